The summed E-state index contributed by atoms with van der Waals surface area (Å²) in [6.45, 7) is 2.03. The van der Waals surface area contributed by atoms with Crippen molar-refractivity contribution >= 4 is 40.2 Å². The van der Waals surface area contributed by atoms with Gasteiger partial charge in [0, 0.05) is 36.5 Å². The van der Waals surface area contributed by atoms with Crippen LogP contribution in [0.25, 0.3) is 10.6 Å². The van der Waals surface area contributed by atoms with Gasteiger partial charge in [-0.25, -0.2) is 4.98 Å². The van der Waals surface area contributed by atoms with E-state index < -0.39 is 0 Å². The van der Waals surface area contributed by atoms with Crippen molar-refractivity contribution in [2.24, 2.45) is 0 Å². The summed E-state index contributed by atoms with van der Waals surface area (Å²) in [7, 11) is 0. The van der Waals surface area contributed by atoms with Gasteiger partial charge in [-0.05, 0) is 23.6 Å². The number of amides is 2. The molecule has 0 fully saturated rings. The maximum Gasteiger partial charge on any atom is 0.261 e. The molecule has 2 N–H and O–H groups in total. The third kappa shape index (κ3) is 4.74. The summed E-state index contributed by atoms with van der Waals surface area (Å²) in [4.78, 5) is 28.4. The van der Waals surface area contributed by atoms with Crippen LogP contribution in [0, 0.1) is 0 Å². The predicted molar refractivity (Wildman–Crippen MR) is 102 cm³/mol. The van der Waals surface area contributed by atoms with Crippen LogP contribution >= 0.6 is 22.7 Å². The molecule has 0 aliphatic rings. The Kier molecular flexibility index (Phi) is 5.57. The molecule has 2 heterocycles. The number of nitrogens with zero attached hydrogens (tertiary/aromatic N) is 1. The predicted octanol–water partition coefficient (Wildman–Crippen LogP) is 3.80. The van der Waals surface area contributed by atoms with E-state index in [1.165, 1.54) is 18.3 Å². The Morgan fingerprint density at radius 3 is 2.80 bits per heavy atom. The number of carbonyl (C=O) groups excluding carboxylic acids is 2. The highest BCUT2D eigenvalue weighted by molar-refractivity contribution is 7.13. The van der Waals surface area contributed by atoms with E-state index in [0.29, 0.717) is 17.8 Å². The van der Waals surface area contributed by atoms with Gasteiger partial charge in [0.2, 0.25) is 5.91 Å². The summed E-state index contributed by atoms with van der Waals surface area (Å²) in [5, 5.41) is 10.5. The summed E-state index contributed by atoms with van der Waals surface area (Å²) in [5.41, 5.74) is 2.66. The molecule has 0 saturated heterocycles. The van der Waals surface area contributed by atoms with E-state index in [1.807, 2.05) is 47.2 Å². The minimum absolute atomic E-state index is 0.0477. The lowest BCUT2D eigenvalue weighted by atomic mass is 10.2. The molecule has 0 bridgehead atoms. The van der Waals surface area contributed by atoms with Crippen molar-refractivity contribution < 1.29 is 9.59 Å². The van der Waals surface area contributed by atoms with E-state index in [9.17, 15) is 9.59 Å². The normalized spacial score (nSPS) is 10.4. The Hall–Kier alpha value is -2.51. The largest absolute Gasteiger partial charge is 0.351 e. The number of carbonyl (C=O) groups is 2. The second-order valence-electron chi connectivity index (χ2n) is 5.39. The van der Waals surface area contributed by atoms with E-state index in [4.69, 9.17) is 0 Å². The SMILES string of the molecule is CC(=O)Nc1cccc(-c2nc(CCNC(=O)c3cccs3)cs2)c1. The van der Waals surface area contributed by atoms with E-state index in [1.54, 1.807) is 11.3 Å². The summed E-state index contributed by atoms with van der Waals surface area (Å²) in [5.74, 6) is -0.146. The number of aromatic nitrogens is 1. The molecule has 0 aliphatic heterocycles. The second-order valence-corrected chi connectivity index (χ2v) is 7.19. The second kappa shape index (κ2) is 8.04. The topological polar surface area (TPSA) is 71.1 Å². The highest BCUT2D eigenvalue weighted by atomic mass is 32.1. The van der Waals surface area contributed by atoms with Gasteiger partial charge in [-0.1, -0.05) is 18.2 Å². The van der Waals surface area contributed by atoms with Gasteiger partial charge in [-0.2, -0.15) is 0 Å². The lowest BCUT2D eigenvalue weighted by Gasteiger charge is -2.03. The molecule has 2 aromatic heterocycles. The van der Waals surface area contributed by atoms with Gasteiger partial charge in [0.05, 0.1) is 10.6 Å². The Labute approximate surface area is 153 Å². The maximum absolute atomic E-state index is 11.9. The van der Waals surface area contributed by atoms with Crippen molar-refractivity contribution in [3.63, 3.8) is 0 Å². The zero-order valence-corrected chi connectivity index (χ0v) is 15.2. The maximum atomic E-state index is 11.9. The minimum Gasteiger partial charge on any atom is -0.351 e. The molecule has 128 valence electrons. The molecule has 0 atom stereocenters. The molecule has 25 heavy (non-hydrogen) atoms. The van der Waals surface area contributed by atoms with Gasteiger partial charge in [0.25, 0.3) is 5.91 Å². The number of hydrogen-bond acceptors (Lipinski definition) is 5. The Balaban J connectivity index is 1.59. The quantitative estimate of drug-likeness (QED) is 0.692. The van der Waals surface area contributed by atoms with Gasteiger partial charge in [0.15, 0.2) is 0 Å². The standard InChI is InChI=1S/C18H17N3O2S2/c1-12(22)20-14-5-2-4-13(10-14)18-21-15(11-25-18)7-8-19-17(23)16-6-3-9-24-16/h2-6,9-11H,7-8H2,1H3,(H,19,23)(H,20,22). The summed E-state index contributed by atoms with van der Waals surface area (Å²) >= 11 is 2.98. The first-order valence-corrected chi connectivity index (χ1v) is 9.52. The van der Waals surface area contributed by atoms with Crippen molar-refractivity contribution in [2.75, 3.05) is 11.9 Å². The van der Waals surface area contributed by atoms with Crippen LogP contribution in [-0.2, 0) is 11.2 Å². The molecule has 0 spiro atoms. The van der Waals surface area contributed by atoms with Gasteiger partial charge in [-0.15, -0.1) is 22.7 Å². The molecule has 7 heteroatoms. The number of anilines is 1. The zero-order valence-electron chi connectivity index (χ0n) is 13.6. The van der Waals surface area contributed by atoms with Gasteiger partial charge < -0.3 is 10.6 Å². The van der Waals surface area contributed by atoms with Crippen molar-refractivity contribution in [3.8, 4) is 10.6 Å². The number of rotatable bonds is 6. The molecule has 3 rings (SSSR count). The lowest BCUT2D eigenvalue weighted by Crippen LogP contribution is -2.24. The molecule has 5 nitrogen and oxygen atoms in total. The van der Waals surface area contributed by atoms with Gasteiger partial charge in [0.1, 0.15) is 5.01 Å². The molecular formula is C18H17N3O2S2. The minimum atomic E-state index is -0.0986. The first-order valence-electron chi connectivity index (χ1n) is 7.76. The monoisotopic (exact) mass is 371 g/mol. The Morgan fingerprint density at radius 2 is 2.04 bits per heavy atom. The van der Waals surface area contributed by atoms with Crippen molar-refractivity contribution in [1.29, 1.82) is 0 Å². The molecule has 0 radical (unpaired) electrons. The highest BCUT2D eigenvalue weighted by Crippen LogP contribution is 2.26. The highest BCUT2D eigenvalue weighted by Gasteiger charge is 2.08. The van der Waals surface area contributed by atoms with Crippen LogP contribution in [0.4, 0.5) is 5.69 Å². The molecule has 2 amide bonds. The Morgan fingerprint density at radius 1 is 1.16 bits per heavy atom. The zero-order chi connectivity index (χ0) is 17.6. The van der Waals surface area contributed by atoms with E-state index in [2.05, 4.69) is 15.6 Å². The molecule has 1 aromatic carbocycles. The van der Waals surface area contributed by atoms with Crippen LogP contribution in [0.15, 0.2) is 47.2 Å². The van der Waals surface area contributed by atoms with Crippen molar-refractivity contribution in [1.82, 2.24) is 10.3 Å². The van der Waals surface area contributed by atoms with E-state index >= 15 is 0 Å². The van der Waals surface area contributed by atoms with Crippen LogP contribution in [-0.4, -0.2) is 23.3 Å². The summed E-state index contributed by atoms with van der Waals surface area (Å²) in [6, 6.07) is 11.3. The molecule has 0 unspecified atom stereocenters. The number of hydrogen-bond donors (Lipinski definition) is 2. The van der Waals surface area contributed by atoms with Crippen LogP contribution in [0.3, 0.4) is 0 Å². The smallest absolute Gasteiger partial charge is 0.261 e. The van der Waals surface area contributed by atoms with Gasteiger partial charge >= 0.3 is 0 Å². The third-order valence-electron chi connectivity index (χ3n) is 3.39. The average Bonchev–Trinajstić information content (AvgIpc) is 3.26. The number of benzene rings is 1. The van der Waals surface area contributed by atoms with Crippen LogP contribution in [0.5, 0.6) is 0 Å². The van der Waals surface area contributed by atoms with E-state index in [-0.39, 0.29) is 11.8 Å². The fourth-order valence-corrected chi connectivity index (χ4v) is 3.78. The lowest BCUT2D eigenvalue weighted by molar-refractivity contribution is -0.114. The average molecular weight is 371 g/mol. The number of thiazole rings is 1. The fraction of sp³-hybridized carbons (Fsp3) is 0.167. The first-order chi connectivity index (χ1) is 12.1. The molecule has 3 aromatic rings. The van der Waals surface area contributed by atoms with Crippen LogP contribution < -0.4 is 10.6 Å². The molecule has 0 aliphatic carbocycles. The number of thiophene rings is 1. The summed E-state index contributed by atoms with van der Waals surface area (Å²) < 4.78 is 0. The first kappa shape index (κ1) is 17.3. The van der Waals surface area contributed by atoms with Crippen LogP contribution in [0.2, 0.25) is 0 Å². The molecule has 0 saturated carbocycles. The van der Waals surface area contributed by atoms with E-state index in [0.717, 1.165) is 22.0 Å². The van der Waals surface area contributed by atoms with Crippen molar-refractivity contribution in [3.05, 3.63) is 57.7 Å². The number of nitrogens with one attached hydrogen (secondary N) is 2. The van der Waals surface area contributed by atoms with Crippen LogP contribution in [0.1, 0.15) is 22.3 Å². The Bertz CT molecular complexity index is 872. The fourth-order valence-electron chi connectivity index (χ4n) is 2.29. The summed E-state index contributed by atoms with van der Waals surface area (Å²) in [6.07, 6.45) is 0.680. The third-order valence-corrected chi connectivity index (χ3v) is 5.20. The molecular weight excluding hydrogens is 354 g/mol. The van der Waals surface area contributed by atoms with Crippen molar-refractivity contribution in [2.45, 2.75) is 13.3 Å². The van der Waals surface area contributed by atoms with Gasteiger partial charge in [-0.3, -0.25) is 9.59 Å².